The number of aliphatic hydroxyl groups excluding tert-OH is 2. The molecule has 1 amide bonds. The van der Waals surface area contributed by atoms with Crippen LogP contribution in [0.4, 0.5) is 5.82 Å². The molecule has 0 aromatic carbocycles. The van der Waals surface area contributed by atoms with Gasteiger partial charge in [-0.25, -0.2) is 9.55 Å². The van der Waals surface area contributed by atoms with Gasteiger partial charge in [0.2, 0.25) is 0 Å². The highest BCUT2D eigenvalue weighted by molar-refractivity contribution is 7.46. The van der Waals surface area contributed by atoms with Crippen molar-refractivity contribution < 1.29 is 38.6 Å². The molecular formula is C12H19N4O8P. The van der Waals surface area contributed by atoms with Crippen LogP contribution in [-0.4, -0.2) is 66.9 Å². The molecule has 1 aromatic rings. The molecule has 7 N–H and O–H groups in total. The first-order chi connectivity index (χ1) is 11.7. The number of nitrogens with two attached hydrogens (primary N) is 1. The highest BCUT2D eigenvalue weighted by Gasteiger charge is 2.45. The van der Waals surface area contributed by atoms with E-state index in [-0.39, 0.29) is 18.1 Å². The number of ether oxygens (including phenoxy) is 1. The Kier molecular flexibility index (Phi) is 5.95. The first-order valence-corrected chi connectivity index (χ1v) is 8.61. The standard InChI is InChI=1S/C12H19N4O8P/c1-2-3-14-11(19)7-10(13)16(5-15-7)12-9(18)8(17)6(24-12)4-23-25(20,21)22/h2,5-6,8-9,12,17-18H,1,3-4,13H2,(H,14,19)(H2,20,21,22)/t6-,8-,9-,12-/m1/s1. The molecule has 1 aromatic heterocycles. The van der Waals surface area contributed by atoms with E-state index in [1.807, 2.05) is 0 Å². The molecule has 1 aliphatic rings. The minimum absolute atomic E-state index is 0.109. The summed E-state index contributed by atoms with van der Waals surface area (Å²) in [5.41, 5.74) is 5.73. The van der Waals surface area contributed by atoms with E-state index in [1.54, 1.807) is 0 Å². The first kappa shape index (κ1) is 19.5. The molecule has 0 saturated carbocycles. The maximum absolute atomic E-state index is 11.9. The summed E-state index contributed by atoms with van der Waals surface area (Å²) in [4.78, 5) is 33.1. The third kappa shape index (κ3) is 4.44. The Balaban J connectivity index is 2.13. The van der Waals surface area contributed by atoms with E-state index in [2.05, 4.69) is 21.4 Å². The van der Waals surface area contributed by atoms with E-state index in [4.69, 9.17) is 20.3 Å². The lowest BCUT2D eigenvalue weighted by Crippen LogP contribution is -2.33. The van der Waals surface area contributed by atoms with E-state index in [1.165, 1.54) is 6.08 Å². The van der Waals surface area contributed by atoms with Gasteiger partial charge in [0.15, 0.2) is 11.9 Å². The third-order valence-corrected chi connectivity index (χ3v) is 3.96. The van der Waals surface area contributed by atoms with Gasteiger partial charge < -0.3 is 35.8 Å². The molecule has 2 heterocycles. The number of imidazole rings is 1. The number of carbonyl (C=O) groups excluding carboxylic acids is 1. The van der Waals surface area contributed by atoms with Gasteiger partial charge in [0.05, 0.1) is 12.9 Å². The Labute approximate surface area is 142 Å². The van der Waals surface area contributed by atoms with Crippen LogP contribution >= 0.6 is 7.82 Å². The maximum Gasteiger partial charge on any atom is 0.469 e. The van der Waals surface area contributed by atoms with E-state index in [0.29, 0.717) is 0 Å². The number of nitrogens with zero attached hydrogens (tertiary/aromatic N) is 2. The predicted octanol–water partition coefficient (Wildman–Crippen LogP) is -1.89. The summed E-state index contributed by atoms with van der Waals surface area (Å²) in [5, 5.41) is 22.5. The highest BCUT2D eigenvalue weighted by Crippen LogP contribution is 2.38. The Morgan fingerprint density at radius 2 is 2.20 bits per heavy atom. The number of aromatic nitrogens is 2. The lowest BCUT2D eigenvalue weighted by Gasteiger charge is -2.17. The molecule has 1 aliphatic heterocycles. The number of nitrogens with one attached hydrogen (secondary N) is 1. The number of phosphoric acid groups is 1. The van der Waals surface area contributed by atoms with Crippen molar-refractivity contribution in [1.29, 1.82) is 0 Å². The van der Waals surface area contributed by atoms with Gasteiger partial charge >= 0.3 is 7.82 Å². The highest BCUT2D eigenvalue weighted by atomic mass is 31.2. The fraction of sp³-hybridized carbons (Fsp3) is 0.500. The molecule has 12 nitrogen and oxygen atoms in total. The van der Waals surface area contributed by atoms with Crippen molar-refractivity contribution in [2.24, 2.45) is 0 Å². The largest absolute Gasteiger partial charge is 0.469 e. The fourth-order valence-electron chi connectivity index (χ4n) is 2.26. The van der Waals surface area contributed by atoms with Gasteiger partial charge in [-0.3, -0.25) is 13.9 Å². The van der Waals surface area contributed by atoms with Gasteiger partial charge in [-0.1, -0.05) is 6.08 Å². The number of aliphatic hydroxyl groups is 2. The van der Waals surface area contributed by atoms with Crippen molar-refractivity contribution in [2.45, 2.75) is 24.5 Å². The minimum atomic E-state index is -4.76. The second kappa shape index (κ2) is 7.62. The Morgan fingerprint density at radius 1 is 1.52 bits per heavy atom. The number of rotatable bonds is 7. The number of anilines is 1. The van der Waals surface area contributed by atoms with Gasteiger partial charge in [0.25, 0.3) is 5.91 Å². The fourth-order valence-corrected chi connectivity index (χ4v) is 2.61. The number of phosphoric ester groups is 1. The molecule has 0 radical (unpaired) electrons. The number of hydrogen-bond acceptors (Lipinski definition) is 8. The lowest BCUT2D eigenvalue weighted by atomic mass is 10.1. The van der Waals surface area contributed by atoms with Crippen LogP contribution in [0.1, 0.15) is 16.7 Å². The summed E-state index contributed by atoms with van der Waals surface area (Å²) in [7, 11) is -4.76. The third-order valence-electron chi connectivity index (χ3n) is 3.47. The number of hydrogen-bond donors (Lipinski definition) is 6. The second-order valence-corrected chi connectivity index (χ2v) is 6.46. The van der Waals surface area contributed by atoms with Crippen LogP contribution in [0.5, 0.6) is 0 Å². The predicted molar refractivity (Wildman–Crippen MR) is 83.1 cm³/mol. The molecule has 2 rings (SSSR count). The normalized spacial score (nSPS) is 26.6. The van der Waals surface area contributed by atoms with Crippen LogP contribution in [0.2, 0.25) is 0 Å². The maximum atomic E-state index is 11.9. The molecule has 25 heavy (non-hydrogen) atoms. The van der Waals surface area contributed by atoms with Crippen molar-refractivity contribution in [3.8, 4) is 0 Å². The van der Waals surface area contributed by atoms with Gasteiger partial charge in [-0.15, -0.1) is 6.58 Å². The average molecular weight is 378 g/mol. The zero-order valence-electron chi connectivity index (χ0n) is 12.9. The molecule has 0 unspecified atom stereocenters. The summed E-state index contributed by atoms with van der Waals surface area (Å²) in [6.45, 7) is 3.01. The molecule has 1 fully saturated rings. The van der Waals surface area contributed by atoms with Crippen LogP contribution in [0.3, 0.4) is 0 Å². The van der Waals surface area contributed by atoms with Crippen LogP contribution in [-0.2, 0) is 13.8 Å². The quantitative estimate of drug-likeness (QED) is 0.231. The van der Waals surface area contributed by atoms with Crippen LogP contribution in [0, 0.1) is 0 Å². The van der Waals surface area contributed by atoms with Crippen LogP contribution in [0.25, 0.3) is 0 Å². The summed E-state index contributed by atoms with van der Waals surface area (Å²) in [5.74, 6) is -0.681. The van der Waals surface area contributed by atoms with Crippen molar-refractivity contribution in [3.05, 3.63) is 24.7 Å². The summed E-state index contributed by atoms with van der Waals surface area (Å²) in [6.07, 6.45) is -2.79. The molecule has 4 atom stereocenters. The van der Waals surface area contributed by atoms with Crippen LogP contribution in [0.15, 0.2) is 19.0 Å². The van der Waals surface area contributed by atoms with Gasteiger partial charge in [-0.2, -0.15) is 0 Å². The topological polar surface area (TPSA) is 189 Å². The molecule has 0 spiro atoms. The second-order valence-electron chi connectivity index (χ2n) is 5.22. The van der Waals surface area contributed by atoms with Crippen molar-refractivity contribution in [2.75, 3.05) is 18.9 Å². The monoisotopic (exact) mass is 378 g/mol. The van der Waals surface area contributed by atoms with Gasteiger partial charge in [-0.05, 0) is 0 Å². The minimum Gasteiger partial charge on any atom is -0.387 e. The number of amides is 1. The van der Waals surface area contributed by atoms with E-state index in [9.17, 15) is 19.6 Å². The van der Waals surface area contributed by atoms with E-state index >= 15 is 0 Å². The van der Waals surface area contributed by atoms with E-state index in [0.717, 1.165) is 10.9 Å². The molecule has 0 aliphatic carbocycles. The van der Waals surface area contributed by atoms with Crippen LogP contribution < -0.4 is 11.1 Å². The van der Waals surface area contributed by atoms with Crippen molar-refractivity contribution in [1.82, 2.24) is 14.9 Å². The molecule has 140 valence electrons. The molecule has 13 heteroatoms. The smallest absolute Gasteiger partial charge is 0.387 e. The Bertz CT molecular complexity index is 689. The zero-order valence-corrected chi connectivity index (χ0v) is 13.8. The Morgan fingerprint density at radius 3 is 2.80 bits per heavy atom. The van der Waals surface area contributed by atoms with Gasteiger partial charge in [0, 0.05) is 6.54 Å². The first-order valence-electron chi connectivity index (χ1n) is 7.08. The summed E-state index contributed by atoms with van der Waals surface area (Å²) in [6, 6.07) is 0. The number of carbonyl (C=O) groups is 1. The van der Waals surface area contributed by atoms with Crippen molar-refractivity contribution >= 4 is 19.5 Å². The molecule has 1 saturated heterocycles. The molecule has 0 bridgehead atoms. The Hall–Kier alpha value is -1.79. The number of nitrogen functional groups attached to an aromatic ring is 1. The van der Waals surface area contributed by atoms with Crippen molar-refractivity contribution in [3.63, 3.8) is 0 Å². The van der Waals surface area contributed by atoms with Gasteiger partial charge in [0.1, 0.15) is 24.1 Å². The SMILES string of the molecule is C=CCNC(=O)c1ncn([C@@H]2O[C@H](COP(=O)(O)O)[C@@H](O)[C@H]2O)c1N. The summed E-state index contributed by atoms with van der Waals surface area (Å²) >= 11 is 0. The average Bonchev–Trinajstić information content (AvgIpc) is 3.04. The zero-order chi connectivity index (χ0) is 18.8. The van der Waals surface area contributed by atoms with E-state index < -0.39 is 44.9 Å². The lowest BCUT2D eigenvalue weighted by molar-refractivity contribution is -0.0510. The summed E-state index contributed by atoms with van der Waals surface area (Å²) < 4.78 is 21.5. The molecular weight excluding hydrogens is 359 g/mol.